The van der Waals surface area contributed by atoms with Crippen molar-refractivity contribution >= 4 is 8.32 Å². The summed E-state index contributed by atoms with van der Waals surface area (Å²) < 4.78 is 51.0. The molecular weight excluding hydrogens is 385 g/mol. The highest BCUT2D eigenvalue weighted by Gasteiger charge is 2.42. The Kier molecular flexibility index (Phi) is 5.82. The average molecular weight is 410 g/mol. The predicted molar refractivity (Wildman–Crippen MR) is 94.0 cm³/mol. The van der Waals surface area contributed by atoms with Crippen LogP contribution in [0.1, 0.15) is 39.0 Å². The number of hydrogen-bond acceptors (Lipinski definition) is 5. The summed E-state index contributed by atoms with van der Waals surface area (Å²) >= 11 is 0. The third-order valence-electron chi connectivity index (χ3n) is 5.20. The minimum atomic E-state index is -4.91. The summed E-state index contributed by atoms with van der Waals surface area (Å²) in [5.74, 6) is 0. The van der Waals surface area contributed by atoms with Crippen LogP contribution in [-0.4, -0.2) is 41.8 Å². The van der Waals surface area contributed by atoms with E-state index in [0.29, 0.717) is 10.8 Å². The largest absolute Gasteiger partial charge is 0.423 e. The van der Waals surface area contributed by atoms with Gasteiger partial charge in [0.1, 0.15) is 17.9 Å². The smallest absolute Gasteiger partial charge is 0.414 e. The molecule has 0 radical (unpaired) electrons. The molecule has 0 spiro atoms. The highest BCUT2D eigenvalue weighted by molar-refractivity contribution is 6.74. The number of H-pyrrole nitrogens is 1. The number of aliphatic hydroxyl groups excluding tert-OH is 1. The average Bonchev–Trinajstić information content (AvgIpc) is 2.83. The molecule has 2 rings (SSSR count). The molecule has 2 heterocycles. The fraction of sp³-hybridized carbons (Fsp3) is 0.750. The van der Waals surface area contributed by atoms with E-state index >= 15 is 0 Å². The first-order valence-electron chi connectivity index (χ1n) is 8.53. The maximum atomic E-state index is 12.9. The SMILES string of the molecule is CC(C)(C)[Si](C)(C)OC[C@@H]1O[C@H](n2cc(C(F)(F)F)c(=O)[nH]c2=O)CC1O. The van der Waals surface area contributed by atoms with Crippen LogP contribution in [-0.2, 0) is 15.3 Å². The molecule has 1 aliphatic rings. The number of rotatable bonds is 4. The van der Waals surface area contributed by atoms with Crippen LogP contribution >= 0.6 is 0 Å². The molecule has 0 aromatic carbocycles. The van der Waals surface area contributed by atoms with E-state index in [1.807, 2.05) is 33.9 Å². The Morgan fingerprint density at radius 1 is 1.33 bits per heavy atom. The van der Waals surface area contributed by atoms with Gasteiger partial charge in [-0.3, -0.25) is 14.3 Å². The van der Waals surface area contributed by atoms with E-state index in [-0.39, 0.29) is 18.1 Å². The zero-order chi connectivity index (χ0) is 20.8. The molecule has 7 nitrogen and oxygen atoms in total. The normalized spacial score (nSPS) is 24.4. The molecule has 27 heavy (non-hydrogen) atoms. The van der Waals surface area contributed by atoms with Crippen LogP contribution in [0.25, 0.3) is 0 Å². The zero-order valence-corrected chi connectivity index (χ0v) is 16.9. The van der Waals surface area contributed by atoms with Crippen LogP contribution in [0.3, 0.4) is 0 Å². The number of aromatic amines is 1. The Balaban J connectivity index is 2.20. The summed E-state index contributed by atoms with van der Waals surface area (Å²) in [7, 11) is -2.11. The highest BCUT2D eigenvalue weighted by Crippen LogP contribution is 2.37. The minimum Gasteiger partial charge on any atom is -0.414 e. The molecule has 1 aromatic rings. The third-order valence-corrected chi connectivity index (χ3v) is 9.70. The van der Waals surface area contributed by atoms with Crippen molar-refractivity contribution in [3.63, 3.8) is 0 Å². The summed E-state index contributed by atoms with van der Waals surface area (Å²) in [6.07, 6.45) is -7.49. The lowest BCUT2D eigenvalue weighted by atomic mass is 10.2. The van der Waals surface area contributed by atoms with Gasteiger partial charge < -0.3 is 14.3 Å². The number of nitrogens with zero attached hydrogens (tertiary/aromatic N) is 1. The molecule has 1 aliphatic heterocycles. The van der Waals surface area contributed by atoms with E-state index in [0.717, 1.165) is 0 Å². The van der Waals surface area contributed by atoms with E-state index in [1.54, 1.807) is 4.98 Å². The molecule has 11 heteroatoms. The molecule has 1 unspecified atom stereocenters. The summed E-state index contributed by atoms with van der Waals surface area (Å²) in [5, 5.41) is 10.1. The fourth-order valence-electron chi connectivity index (χ4n) is 2.44. The number of aliphatic hydroxyl groups is 1. The van der Waals surface area contributed by atoms with Crippen LogP contribution in [0.5, 0.6) is 0 Å². The van der Waals surface area contributed by atoms with E-state index < -0.39 is 49.7 Å². The molecule has 0 bridgehead atoms. The molecule has 1 aromatic heterocycles. The van der Waals surface area contributed by atoms with E-state index in [4.69, 9.17) is 9.16 Å². The van der Waals surface area contributed by atoms with E-state index in [1.165, 1.54) is 0 Å². The number of hydrogen-bond donors (Lipinski definition) is 2. The van der Waals surface area contributed by atoms with Gasteiger partial charge in [-0.1, -0.05) is 20.8 Å². The predicted octanol–water partition coefficient (Wildman–Crippen LogP) is 2.23. The summed E-state index contributed by atoms with van der Waals surface area (Å²) in [6, 6.07) is 0. The second kappa shape index (κ2) is 7.19. The van der Waals surface area contributed by atoms with Crippen LogP contribution in [0.4, 0.5) is 13.2 Å². The number of ether oxygens (including phenoxy) is 1. The van der Waals surface area contributed by atoms with E-state index in [9.17, 15) is 27.9 Å². The van der Waals surface area contributed by atoms with Gasteiger partial charge in [-0.15, -0.1) is 0 Å². The Bertz CT molecular complexity index is 797. The number of aromatic nitrogens is 2. The van der Waals surface area contributed by atoms with Gasteiger partial charge in [0.25, 0.3) is 5.56 Å². The quantitative estimate of drug-likeness (QED) is 0.743. The zero-order valence-electron chi connectivity index (χ0n) is 15.9. The Labute approximate surface area is 155 Å². The number of alkyl halides is 3. The second-order valence-electron chi connectivity index (χ2n) is 8.21. The van der Waals surface area contributed by atoms with Gasteiger partial charge in [0.05, 0.1) is 12.7 Å². The molecule has 3 atom stereocenters. The van der Waals surface area contributed by atoms with Crippen molar-refractivity contribution < 1.29 is 27.4 Å². The molecule has 2 N–H and O–H groups in total. The molecule has 154 valence electrons. The van der Waals surface area contributed by atoms with Crippen LogP contribution in [0.15, 0.2) is 15.8 Å². The van der Waals surface area contributed by atoms with Crippen molar-refractivity contribution in [3.8, 4) is 0 Å². The second-order valence-corrected chi connectivity index (χ2v) is 13.0. The first-order chi connectivity index (χ1) is 12.1. The van der Waals surface area contributed by atoms with Crippen LogP contribution in [0, 0.1) is 0 Å². The molecular formula is C16H25F3N2O5Si. The highest BCUT2D eigenvalue weighted by atomic mass is 28.4. The maximum Gasteiger partial charge on any atom is 0.423 e. The van der Waals surface area contributed by atoms with Gasteiger partial charge in [0.15, 0.2) is 8.32 Å². The molecule has 0 amide bonds. The van der Waals surface area contributed by atoms with Gasteiger partial charge >= 0.3 is 11.9 Å². The van der Waals surface area contributed by atoms with Gasteiger partial charge in [-0.05, 0) is 18.1 Å². The minimum absolute atomic E-state index is 0.0621. The van der Waals surface area contributed by atoms with Crippen molar-refractivity contribution in [3.05, 3.63) is 32.6 Å². The van der Waals surface area contributed by atoms with Crippen molar-refractivity contribution in [1.29, 1.82) is 0 Å². The summed E-state index contributed by atoms with van der Waals surface area (Å²) in [6.45, 7) is 10.3. The fourth-order valence-corrected chi connectivity index (χ4v) is 3.46. The van der Waals surface area contributed by atoms with E-state index in [2.05, 4.69) is 0 Å². The van der Waals surface area contributed by atoms with Crippen molar-refractivity contribution in [2.75, 3.05) is 6.61 Å². The molecule has 1 saturated heterocycles. The first kappa shape index (κ1) is 21.9. The third kappa shape index (κ3) is 4.70. The Hall–Kier alpha value is -1.43. The first-order valence-corrected chi connectivity index (χ1v) is 11.4. The van der Waals surface area contributed by atoms with Crippen LogP contribution in [0.2, 0.25) is 18.1 Å². The molecule has 0 saturated carbocycles. The Morgan fingerprint density at radius 3 is 2.44 bits per heavy atom. The summed E-state index contributed by atoms with van der Waals surface area (Å²) in [5.41, 5.74) is -4.04. The lowest BCUT2D eigenvalue weighted by molar-refractivity contribution is -0.139. The van der Waals surface area contributed by atoms with Crippen LogP contribution < -0.4 is 11.2 Å². The number of nitrogens with one attached hydrogen (secondary N) is 1. The lowest BCUT2D eigenvalue weighted by Gasteiger charge is -2.37. The van der Waals surface area contributed by atoms with Crippen molar-refractivity contribution in [2.45, 2.75) is 69.9 Å². The number of halogens is 3. The maximum absolute atomic E-state index is 12.9. The monoisotopic (exact) mass is 410 g/mol. The van der Waals surface area contributed by atoms with Gasteiger partial charge in [0.2, 0.25) is 0 Å². The summed E-state index contributed by atoms with van der Waals surface area (Å²) in [4.78, 5) is 25.0. The van der Waals surface area contributed by atoms with Crippen molar-refractivity contribution in [2.24, 2.45) is 0 Å². The standard InChI is InChI=1S/C16H25F3N2O5Si/c1-15(2,3)27(4,5)25-8-11-10(22)6-12(26-11)21-7-9(16(17,18)19)13(23)20-14(21)24/h7,10-12,22H,6,8H2,1-5H3,(H,20,23,24)/t10?,11-,12-/m0/s1. The van der Waals surface area contributed by atoms with Gasteiger partial charge in [-0.2, -0.15) is 13.2 Å². The molecule has 1 fully saturated rings. The topological polar surface area (TPSA) is 93.5 Å². The van der Waals surface area contributed by atoms with Crippen molar-refractivity contribution in [1.82, 2.24) is 9.55 Å². The van der Waals surface area contributed by atoms with Gasteiger partial charge in [-0.25, -0.2) is 4.79 Å². The lowest BCUT2D eigenvalue weighted by Crippen LogP contribution is -2.44. The molecule has 0 aliphatic carbocycles. The Morgan fingerprint density at radius 2 is 1.93 bits per heavy atom. The van der Waals surface area contributed by atoms with Gasteiger partial charge in [0, 0.05) is 12.6 Å².